The minimum atomic E-state index is 0.509. The summed E-state index contributed by atoms with van der Waals surface area (Å²) in [7, 11) is 0. The molecular formula is C19H31NS. The van der Waals surface area contributed by atoms with Crippen molar-refractivity contribution in [1.82, 2.24) is 5.32 Å². The Hall–Kier alpha value is -0.730. The van der Waals surface area contributed by atoms with E-state index in [0.29, 0.717) is 6.04 Å². The number of allylic oxidation sites excluding steroid dienone is 1. The van der Waals surface area contributed by atoms with Gasteiger partial charge in [-0.15, -0.1) is 18.3 Å². The minimum absolute atomic E-state index is 0.509. The fourth-order valence-corrected chi connectivity index (χ4v) is 3.14. The summed E-state index contributed by atoms with van der Waals surface area (Å²) in [5.41, 5.74) is 1.44. The van der Waals surface area contributed by atoms with Crippen molar-refractivity contribution >= 4 is 11.8 Å². The molecule has 1 unspecified atom stereocenters. The normalized spacial score (nSPS) is 12.3. The van der Waals surface area contributed by atoms with Gasteiger partial charge < -0.3 is 5.32 Å². The van der Waals surface area contributed by atoms with Crippen LogP contribution in [0.4, 0.5) is 0 Å². The third-order valence-electron chi connectivity index (χ3n) is 3.64. The molecule has 2 heteroatoms. The van der Waals surface area contributed by atoms with Crippen LogP contribution in [-0.4, -0.2) is 12.3 Å². The first-order valence-electron chi connectivity index (χ1n) is 8.38. The molecular weight excluding hydrogens is 274 g/mol. The molecule has 1 aromatic carbocycles. The van der Waals surface area contributed by atoms with Crippen LogP contribution in [0.2, 0.25) is 0 Å². The van der Waals surface area contributed by atoms with Gasteiger partial charge in [-0.3, -0.25) is 0 Å². The maximum absolute atomic E-state index is 3.79. The molecule has 0 bridgehead atoms. The zero-order valence-electron chi connectivity index (χ0n) is 13.7. The van der Waals surface area contributed by atoms with Gasteiger partial charge >= 0.3 is 0 Å². The molecule has 1 nitrogen and oxygen atoms in total. The maximum atomic E-state index is 3.79. The fraction of sp³-hybridized carbons (Fsp3) is 0.579. The van der Waals surface area contributed by atoms with Crippen molar-refractivity contribution in [1.29, 1.82) is 0 Å². The number of rotatable bonds is 12. The van der Waals surface area contributed by atoms with E-state index in [1.54, 1.807) is 0 Å². The molecule has 0 aliphatic heterocycles. The number of benzene rings is 1. The fourth-order valence-electron chi connectivity index (χ4n) is 2.48. The predicted octanol–water partition coefficient (Wildman–Crippen LogP) is 5.98. The second-order valence-corrected chi connectivity index (χ2v) is 6.77. The number of nitrogens with one attached hydrogen (secondary N) is 1. The zero-order chi connectivity index (χ0) is 15.3. The quantitative estimate of drug-likeness (QED) is 0.290. The van der Waals surface area contributed by atoms with Crippen LogP contribution >= 0.6 is 11.8 Å². The van der Waals surface area contributed by atoms with Crippen LogP contribution in [0.15, 0.2) is 41.8 Å². The number of unbranched alkanes of at least 4 members (excludes halogenated alkanes) is 3. The summed E-state index contributed by atoms with van der Waals surface area (Å²) in [5, 5.41) is 3.70. The van der Waals surface area contributed by atoms with Gasteiger partial charge in [-0.25, -0.2) is 0 Å². The highest BCUT2D eigenvalue weighted by atomic mass is 32.2. The van der Waals surface area contributed by atoms with E-state index in [1.165, 1.54) is 42.6 Å². The van der Waals surface area contributed by atoms with Gasteiger partial charge in [0.05, 0.1) is 0 Å². The van der Waals surface area contributed by atoms with E-state index in [1.807, 2.05) is 17.8 Å². The Morgan fingerprint density at radius 3 is 2.52 bits per heavy atom. The molecule has 0 aliphatic rings. The zero-order valence-corrected chi connectivity index (χ0v) is 14.6. The van der Waals surface area contributed by atoms with E-state index >= 15 is 0 Å². The van der Waals surface area contributed by atoms with Crippen molar-refractivity contribution in [3.63, 3.8) is 0 Å². The lowest BCUT2D eigenvalue weighted by Gasteiger charge is -2.19. The van der Waals surface area contributed by atoms with E-state index in [9.17, 15) is 0 Å². The van der Waals surface area contributed by atoms with Gasteiger partial charge in [-0.1, -0.05) is 44.9 Å². The molecule has 1 rings (SSSR count). The number of hydrogen-bond acceptors (Lipinski definition) is 2. The molecule has 0 spiro atoms. The summed E-state index contributed by atoms with van der Waals surface area (Å²) in [6.45, 7) is 9.32. The molecule has 0 heterocycles. The smallest absolute Gasteiger partial charge is 0.0320 e. The lowest BCUT2D eigenvalue weighted by atomic mass is 10.00. The van der Waals surface area contributed by atoms with Crippen molar-refractivity contribution < 1.29 is 0 Å². The van der Waals surface area contributed by atoms with E-state index < -0.39 is 0 Å². The average molecular weight is 306 g/mol. The van der Waals surface area contributed by atoms with Crippen molar-refractivity contribution in [2.24, 2.45) is 0 Å². The second-order valence-electron chi connectivity index (χ2n) is 5.44. The molecule has 0 saturated carbocycles. The van der Waals surface area contributed by atoms with Crippen LogP contribution in [0.3, 0.4) is 0 Å². The maximum Gasteiger partial charge on any atom is 0.0320 e. The summed E-state index contributed by atoms with van der Waals surface area (Å²) >= 11 is 1.91. The van der Waals surface area contributed by atoms with Crippen molar-refractivity contribution in [2.75, 3.05) is 12.3 Å². The highest BCUT2D eigenvalue weighted by Gasteiger charge is 2.10. The Kier molecular flexibility index (Phi) is 10.4. The van der Waals surface area contributed by atoms with E-state index in [4.69, 9.17) is 0 Å². The standard InChI is InChI=1S/C19H31NS/c1-4-7-8-9-10-11-19(20-16-5-2)17-12-14-18(15-13-17)21-6-3/h4,12-15,19-20H,1,5-11,16H2,2-3H3. The van der Waals surface area contributed by atoms with Crippen LogP contribution < -0.4 is 5.32 Å². The molecule has 21 heavy (non-hydrogen) atoms. The Balaban J connectivity index is 2.52. The molecule has 0 radical (unpaired) electrons. The molecule has 1 N–H and O–H groups in total. The van der Waals surface area contributed by atoms with Crippen LogP contribution in [0.25, 0.3) is 0 Å². The van der Waals surface area contributed by atoms with Gasteiger partial charge in [0.15, 0.2) is 0 Å². The summed E-state index contributed by atoms with van der Waals surface area (Å²) < 4.78 is 0. The van der Waals surface area contributed by atoms with Crippen molar-refractivity contribution in [2.45, 2.75) is 63.3 Å². The minimum Gasteiger partial charge on any atom is -0.310 e. The summed E-state index contributed by atoms with van der Waals surface area (Å²) in [4.78, 5) is 1.38. The van der Waals surface area contributed by atoms with Gasteiger partial charge in [-0.05, 0) is 55.7 Å². The Bertz CT molecular complexity index is 372. The Morgan fingerprint density at radius 2 is 1.90 bits per heavy atom. The molecule has 0 saturated heterocycles. The summed E-state index contributed by atoms with van der Waals surface area (Å²) in [6, 6.07) is 9.64. The van der Waals surface area contributed by atoms with Gasteiger partial charge in [-0.2, -0.15) is 0 Å². The topological polar surface area (TPSA) is 12.0 Å². The van der Waals surface area contributed by atoms with Gasteiger partial charge in [0.2, 0.25) is 0 Å². The first-order chi connectivity index (χ1) is 10.3. The second kappa shape index (κ2) is 11.9. The highest BCUT2D eigenvalue weighted by molar-refractivity contribution is 7.99. The Morgan fingerprint density at radius 1 is 1.14 bits per heavy atom. The molecule has 0 aromatic heterocycles. The molecule has 118 valence electrons. The average Bonchev–Trinajstić information content (AvgIpc) is 2.51. The third-order valence-corrected chi connectivity index (χ3v) is 4.53. The van der Waals surface area contributed by atoms with Crippen LogP contribution in [0.5, 0.6) is 0 Å². The summed E-state index contributed by atoms with van der Waals surface area (Å²) in [6.07, 6.45) is 9.47. The van der Waals surface area contributed by atoms with E-state index in [0.717, 1.165) is 18.7 Å². The van der Waals surface area contributed by atoms with Crippen LogP contribution in [-0.2, 0) is 0 Å². The SMILES string of the molecule is C=CCCCCCC(NCCC)c1ccc(SCC)cc1. The Labute approximate surface area is 135 Å². The van der Waals surface area contributed by atoms with E-state index in [2.05, 4.69) is 50.0 Å². The van der Waals surface area contributed by atoms with Gasteiger partial charge in [0.1, 0.15) is 0 Å². The molecule has 0 amide bonds. The third kappa shape index (κ3) is 7.73. The van der Waals surface area contributed by atoms with Crippen molar-refractivity contribution in [3.8, 4) is 0 Å². The van der Waals surface area contributed by atoms with E-state index in [-0.39, 0.29) is 0 Å². The molecule has 0 fully saturated rings. The lowest BCUT2D eigenvalue weighted by Crippen LogP contribution is -2.22. The first kappa shape index (κ1) is 18.3. The number of hydrogen-bond donors (Lipinski definition) is 1. The molecule has 0 aliphatic carbocycles. The predicted molar refractivity (Wildman–Crippen MR) is 97.2 cm³/mol. The van der Waals surface area contributed by atoms with Gasteiger partial charge in [0.25, 0.3) is 0 Å². The molecule has 1 aromatic rings. The van der Waals surface area contributed by atoms with Gasteiger partial charge in [0, 0.05) is 10.9 Å². The number of thioether (sulfide) groups is 1. The van der Waals surface area contributed by atoms with Crippen LogP contribution in [0.1, 0.15) is 64.0 Å². The summed E-state index contributed by atoms with van der Waals surface area (Å²) in [5.74, 6) is 1.14. The highest BCUT2D eigenvalue weighted by Crippen LogP contribution is 2.24. The first-order valence-corrected chi connectivity index (χ1v) is 9.37. The van der Waals surface area contributed by atoms with Crippen LogP contribution in [0, 0.1) is 0 Å². The largest absolute Gasteiger partial charge is 0.310 e. The monoisotopic (exact) mass is 305 g/mol. The lowest BCUT2D eigenvalue weighted by molar-refractivity contribution is 0.472. The van der Waals surface area contributed by atoms with Crippen molar-refractivity contribution in [3.05, 3.63) is 42.5 Å². The molecule has 1 atom stereocenters.